The number of primary sulfonamides is 1. The van der Waals surface area contributed by atoms with E-state index in [1.54, 1.807) is 6.07 Å². The lowest BCUT2D eigenvalue weighted by Gasteiger charge is -2.05. The predicted octanol–water partition coefficient (Wildman–Crippen LogP) is 1.45. The summed E-state index contributed by atoms with van der Waals surface area (Å²) in [6.45, 7) is 4.47. The summed E-state index contributed by atoms with van der Waals surface area (Å²) in [4.78, 5) is 12.3. The van der Waals surface area contributed by atoms with E-state index in [4.69, 9.17) is 5.14 Å². The van der Waals surface area contributed by atoms with E-state index < -0.39 is 10.0 Å². The highest BCUT2D eigenvalue weighted by Crippen LogP contribution is 2.20. The molecule has 1 heterocycles. The molecule has 1 rings (SSSR count). The monoisotopic (exact) mass is 290 g/mol. The van der Waals surface area contributed by atoms with Crippen molar-refractivity contribution in [3.8, 4) is 0 Å². The fraction of sp³-hybridized carbons (Fsp3) is 0.545. The van der Waals surface area contributed by atoms with Crippen molar-refractivity contribution in [1.29, 1.82) is 0 Å². The van der Waals surface area contributed by atoms with Crippen LogP contribution >= 0.6 is 11.3 Å². The summed E-state index contributed by atoms with van der Waals surface area (Å²) >= 11 is 1.08. The maximum Gasteiger partial charge on any atom is 0.247 e. The third kappa shape index (κ3) is 5.16. The van der Waals surface area contributed by atoms with Crippen LogP contribution in [0.2, 0.25) is 0 Å². The maximum atomic E-state index is 11.5. The van der Waals surface area contributed by atoms with E-state index in [0.29, 0.717) is 18.9 Å². The minimum atomic E-state index is -3.64. The van der Waals surface area contributed by atoms with Crippen molar-refractivity contribution in [2.24, 2.45) is 11.1 Å². The van der Waals surface area contributed by atoms with Crippen molar-refractivity contribution in [3.63, 3.8) is 0 Å². The second-order valence-corrected chi connectivity index (χ2v) is 7.43. The zero-order valence-electron chi connectivity index (χ0n) is 10.5. The van der Waals surface area contributed by atoms with Crippen LogP contribution in [-0.4, -0.2) is 14.3 Å². The second kappa shape index (κ2) is 6.31. The summed E-state index contributed by atoms with van der Waals surface area (Å²) in [6.07, 6.45) is 1.34. The third-order valence-electron chi connectivity index (χ3n) is 2.33. The first-order valence-electron chi connectivity index (χ1n) is 5.67. The van der Waals surface area contributed by atoms with E-state index in [1.807, 2.05) is 0 Å². The van der Waals surface area contributed by atoms with Crippen LogP contribution in [0.3, 0.4) is 0 Å². The van der Waals surface area contributed by atoms with Crippen molar-refractivity contribution in [2.45, 2.75) is 37.4 Å². The average Bonchev–Trinajstić information content (AvgIpc) is 2.71. The zero-order chi connectivity index (χ0) is 13.8. The summed E-state index contributed by atoms with van der Waals surface area (Å²) in [6, 6.07) is 3.11. The third-order valence-corrected chi connectivity index (χ3v) is 4.85. The van der Waals surface area contributed by atoms with Crippen LogP contribution < -0.4 is 10.5 Å². The highest BCUT2D eigenvalue weighted by atomic mass is 32.2. The van der Waals surface area contributed by atoms with Crippen molar-refractivity contribution < 1.29 is 13.2 Å². The van der Waals surface area contributed by atoms with Gasteiger partial charge in [-0.2, -0.15) is 0 Å². The maximum absolute atomic E-state index is 11.5. The summed E-state index contributed by atoms with van der Waals surface area (Å²) in [5.41, 5.74) is 0. The Kier molecular flexibility index (Phi) is 5.30. The Morgan fingerprint density at radius 1 is 1.44 bits per heavy atom. The number of carbonyl (C=O) groups is 1. The highest BCUT2D eigenvalue weighted by molar-refractivity contribution is 7.91. The lowest BCUT2D eigenvalue weighted by molar-refractivity contribution is -0.121. The van der Waals surface area contributed by atoms with E-state index in [1.165, 1.54) is 6.07 Å². The Morgan fingerprint density at radius 3 is 2.61 bits per heavy atom. The van der Waals surface area contributed by atoms with Crippen molar-refractivity contribution in [1.82, 2.24) is 5.32 Å². The minimum Gasteiger partial charge on any atom is -0.351 e. The molecule has 5 nitrogen and oxygen atoms in total. The molecule has 3 N–H and O–H groups in total. The Balaban J connectivity index is 2.45. The van der Waals surface area contributed by atoms with E-state index in [9.17, 15) is 13.2 Å². The van der Waals surface area contributed by atoms with Gasteiger partial charge in [0.25, 0.3) is 0 Å². The molecule has 1 aromatic rings. The quantitative estimate of drug-likeness (QED) is 0.831. The van der Waals surface area contributed by atoms with Gasteiger partial charge in [0.2, 0.25) is 15.9 Å². The number of carbonyl (C=O) groups excluding carboxylic acids is 1. The van der Waals surface area contributed by atoms with Gasteiger partial charge in [-0.15, -0.1) is 11.3 Å². The van der Waals surface area contributed by atoms with E-state index in [2.05, 4.69) is 19.2 Å². The molecule has 0 fully saturated rings. The fourth-order valence-electron chi connectivity index (χ4n) is 1.30. The van der Waals surface area contributed by atoms with Crippen LogP contribution in [0.4, 0.5) is 0 Å². The number of rotatable bonds is 6. The van der Waals surface area contributed by atoms with Gasteiger partial charge in [0, 0.05) is 11.3 Å². The molecule has 0 saturated carbocycles. The van der Waals surface area contributed by atoms with Crippen LogP contribution in [0.1, 0.15) is 31.6 Å². The number of sulfonamides is 1. The Morgan fingerprint density at radius 2 is 2.11 bits per heavy atom. The average molecular weight is 290 g/mol. The molecule has 0 bridgehead atoms. The van der Waals surface area contributed by atoms with Gasteiger partial charge in [-0.25, -0.2) is 13.6 Å². The van der Waals surface area contributed by atoms with Crippen LogP contribution in [0, 0.1) is 5.92 Å². The number of nitrogens with two attached hydrogens (primary N) is 1. The molecular weight excluding hydrogens is 272 g/mol. The van der Waals surface area contributed by atoms with Gasteiger partial charge >= 0.3 is 0 Å². The fourth-order valence-corrected chi connectivity index (χ4v) is 3.02. The van der Waals surface area contributed by atoms with Crippen LogP contribution in [0.15, 0.2) is 16.3 Å². The first-order valence-corrected chi connectivity index (χ1v) is 8.03. The van der Waals surface area contributed by atoms with E-state index in [0.717, 1.165) is 22.6 Å². The van der Waals surface area contributed by atoms with Crippen molar-refractivity contribution >= 4 is 27.3 Å². The largest absolute Gasteiger partial charge is 0.351 e. The van der Waals surface area contributed by atoms with Crippen LogP contribution in [0.25, 0.3) is 0 Å². The molecule has 18 heavy (non-hydrogen) atoms. The molecule has 0 aliphatic carbocycles. The van der Waals surface area contributed by atoms with Gasteiger partial charge in [-0.1, -0.05) is 13.8 Å². The van der Waals surface area contributed by atoms with Crippen LogP contribution in [0.5, 0.6) is 0 Å². The van der Waals surface area contributed by atoms with E-state index >= 15 is 0 Å². The van der Waals surface area contributed by atoms with Gasteiger partial charge in [0.05, 0.1) is 6.54 Å². The number of hydrogen-bond donors (Lipinski definition) is 2. The molecule has 102 valence electrons. The summed E-state index contributed by atoms with van der Waals surface area (Å²) in [7, 11) is -3.64. The molecule has 0 aliphatic heterocycles. The molecule has 0 spiro atoms. The lowest BCUT2D eigenvalue weighted by atomic mass is 10.1. The number of hydrogen-bond acceptors (Lipinski definition) is 4. The predicted molar refractivity (Wildman–Crippen MR) is 71.6 cm³/mol. The summed E-state index contributed by atoms with van der Waals surface area (Å²) < 4.78 is 22.2. The van der Waals surface area contributed by atoms with Gasteiger partial charge in [-0.3, -0.25) is 4.79 Å². The normalized spacial score (nSPS) is 11.8. The molecule has 1 amide bonds. The molecule has 0 radical (unpaired) electrons. The first kappa shape index (κ1) is 15.1. The minimum absolute atomic E-state index is 0.0192. The Hall–Kier alpha value is -0.920. The van der Waals surface area contributed by atoms with Gasteiger partial charge in [-0.05, 0) is 24.5 Å². The molecule has 0 unspecified atom stereocenters. The summed E-state index contributed by atoms with van der Waals surface area (Å²) in [5, 5.41) is 7.76. The van der Waals surface area contributed by atoms with E-state index in [-0.39, 0.29) is 10.1 Å². The molecule has 0 saturated heterocycles. The van der Waals surface area contributed by atoms with Gasteiger partial charge < -0.3 is 5.32 Å². The number of thiophene rings is 1. The highest BCUT2D eigenvalue weighted by Gasteiger charge is 2.11. The molecular formula is C11H18N2O3S2. The second-order valence-electron chi connectivity index (χ2n) is 4.48. The Bertz CT molecular complexity index is 506. The van der Waals surface area contributed by atoms with Gasteiger partial charge in [0.1, 0.15) is 4.21 Å². The van der Waals surface area contributed by atoms with Crippen LogP contribution in [-0.2, 0) is 21.4 Å². The Labute approximate surface area is 111 Å². The van der Waals surface area contributed by atoms with Crippen molar-refractivity contribution in [2.75, 3.05) is 0 Å². The topological polar surface area (TPSA) is 89.3 Å². The smallest absolute Gasteiger partial charge is 0.247 e. The molecule has 0 aliphatic rings. The number of amides is 1. The molecule has 0 aromatic carbocycles. The SMILES string of the molecule is CC(C)CCC(=O)NCc1ccc(S(N)(=O)=O)s1. The lowest BCUT2D eigenvalue weighted by Crippen LogP contribution is -2.22. The molecule has 0 atom stereocenters. The first-order chi connectivity index (χ1) is 8.29. The number of nitrogens with one attached hydrogen (secondary N) is 1. The zero-order valence-corrected chi connectivity index (χ0v) is 12.1. The van der Waals surface area contributed by atoms with Crippen molar-refractivity contribution in [3.05, 3.63) is 17.0 Å². The standard InChI is InChI=1S/C11H18N2O3S2/c1-8(2)3-5-10(14)13-7-9-4-6-11(17-9)18(12,15)16/h4,6,8H,3,5,7H2,1-2H3,(H,13,14)(H2,12,15,16). The molecule has 1 aromatic heterocycles. The summed E-state index contributed by atoms with van der Waals surface area (Å²) in [5.74, 6) is 0.473. The van der Waals surface area contributed by atoms with Gasteiger partial charge in [0.15, 0.2) is 0 Å². The molecule has 7 heteroatoms.